The van der Waals surface area contributed by atoms with Gasteiger partial charge in [-0.2, -0.15) is 5.26 Å². The molecule has 1 unspecified atom stereocenters. The first-order valence-electron chi connectivity index (χ1n) is 21.4. The fraction of sp³-hybridized carbons (Fsp3) is 0.426. The minimum absolute atomic E-state index is 0.187. The summed E-state index contributed by atoms with van der Waals surface area (Å²) >= 11 is 13.6. The number of benzene rings is 3. The first-order valence-corrected chi connectivity index (χ1v) is 23.1. The highest BCUT2D eigenvalue weighted by Gasteiger charge is 2.50. The monoisotopic (exact) mass is 927 g/mol. The smallest absolute Gasteiger partial charge is 0.259 e. The van der Waals surface area contributed by atoms with Crippen LogP contribution in [0.15, 0.2) is 78.4 Å². The second kappa shape index (κ2) is 22.5. The molecule has 14 nitrogen and oxygen atoms in total. The number of hydrogen-bond acceptors (Lipinski definition) is 11. The van der Waals surface area contributed by atoms with Crippen molar-refractivity contribution in [3.8, 4) is 22.3 Å². The molecule has 6 rings (SSSR count). The second-order valence-corrected chi connectivity index (χ2v) is 18.1. The molecule has 3 heterocycles. The van der Waals surface area contributed by atoms with Crippen molar-refractivity contribution in [2.45, 2.75) is 84.0 Å². The van der Waals surface area contributed by atoms with Crippen LogP contribution in [0.5, 0.6) is 5.75 Å². The molecular formula is C47H54ClN7O7S2. The van der Waals surface area contributed by atoms with Gasteiger partial charge in [0.05, 0.1) is 33.3 Å². The zero-order valence-corrected chi connectivity index (χ0v) is 38.9. The standard InChI is InChI=1S/C47H54ClN7O7S2/c1-31(2)42(44(58)53-20-7-9-39(53)43(57)51-27-32-10-12-33(13-11-32)40-28-50-30-64-40)52-41(56)29-61-23-8-22-60-21-5-6-24-62-37-18-16-35(17-19-37)55-46(63)54(45(59)47(55,3)4)36-15-14-34(26-49)38(48)25-36/h10-19,25,28,30-31,39,42H,5-9,20-24,27,29H2,1-4H3,(H,51,57)(H,52,56)/t39-,42?/m0/s1. The van der Waals surface area contributed by atoms with E-state index in [1.54, 1.807) is 44.8 Å². The molecular weight excluding hydrogens is 874 g/mol. The van der Waals surface area contributed by atoms with E-state index in [9.17, 15) is 24.4 Å². The number of halogens is 1. The topological polar surface area (TPSA) is 166 Å². The van der Waals surface area contributed by atoms with Crippen LogP contribution in [-0.2, 0) is 35.2 Å². The van der Waals surface area contributed by atoms with Gasteiger partial charge in [0.1, 0.15) is 36.0 Å². The molecule has 4 amide bonds. The van der Waals surface area contributed by atoms with Crippen molar-refractivity contribution < 1.29 is 33.4 Å². The summed E-state index contributed by atoms with van der Waals surface area (Å²) in [5.41, 5.74) is 4.41. The van der Waals surface area contributed by atoms with Crippen LogP contribution in [0.1, 0.15) is 70.9 Å². The summed E-state index contributed by atoms with van der Waals surface area (Å²) in [5, 5.41) is 15.6. The van der Waals surface area contributed by atoms with Gasteiger partial charge >= 0.3 is 0 Å². The van der Waals surface area contributed by atoms with E-state index >= 15 is 0 Å². The SMILES string of the molecule is CC(C)C(NC(=O)COCCCOCCCCOc1ccc(N2C(=S)N(c3ccc(C#N)c(Cl)c3)C(=O)C2(C)C)cc1)C(=O)N1CCC[C@H]1C(=O)NCc1ccc(-c2cncs2)cc1. The minimum Gasteiger partial charge on any atom is -0.494 e. The molecule has 4 aromatic rings. The number of ether oxygens (including phenoxy) is 3. The van der Waals surface area contributed by atoms with Crippen LogP contribution in [0.25, 0.3) is 10.4 Å². The van der Waals surface area contributed by atoms with E-state index in [1.165, 1.54) is 4.90 Å². The van der Waals surface area contributed by atoms with Crippen molar-refractivity contribution in [3.63, 3.8) is 0 Å². The van der Waals surface area contributed by atoms with Crippen LogP contribution >= 0.6 is 35.2 Å². The zero-order valence-electron chi connectivity index (χ0n) is 36.5. The molecule has 0 saturated carbocycles. The first kappa shape index (κ1) is 48.0. The van der Waals surface area contributed by atoms with Gasteiger partial charge in [0.25, 0.3) is 5.91 Å². The van der Waals surface area contributed by atoms with Crippen LogP contribution in [0.2, 0.25) is 5.02 Å². The van der Waals surface area contributed by atoms with Crippen molar-refractivity contribution in [2.75, 3.05) is 49.4 Å². The lowest BCUT2D eigenvalue weighted by molar-refractivity contribution is -0.143. The average Bonchev–Trinajstić information content (AvgIpc) is 4.04. The molecule has 2 fully saturated rings. The van der Waals surface area contributed by atoms with E-state index in [0.717, 1.165) is 34.5 Å². The minimum atomic E-state index is -0.959. The molecule has 0 spiro atoms. The Morgan fingerprint density at radius 3 is 2.38 bits per heavy atom. The van der Waals surface area contributed by atoms with Crippen molar-refractivity contribution in [1.82, 2.24) is 20.5 Å². The molecule has 0 bridgehead atoms. The maximum absolute atomic E-state index is 13.7. The lowest BCUT2D eigenvalue weighted by Crippen LogP contribution is -2.55. The maximum Gasteiger partial charge on any atom is 0.259 e. The normalized spacial score (nSPS) is 16.3. The van der Waals surface area contributed by atoms with Crippen LogP contribution in [0, 0.1) is 17.2 Å². The number of carbonyl (C=O) groups is 4. The lowest BCUT2D eigenvalue weighted by atomic mass is 10.0. The van der Waals surface area contributed by atoms with E-state index in [4.69, 9.17) is 38.0 Å². The van der Waals surface area contributed by atoms with Crippen LogP contribution < -0.4 is 25.2 Å². The summed E-state index contributed by atoms with van der Waals surface area (Å²) in [6, 6.07) is 20.8. The molecule has 2 N–H and O–H groups in total. The Bertz CT molecular complexity index is 2300. The number of nitrogens with one attached hydrogen (secondary N) is 2. The Balaban J connectivity index is 0.831. The zero-order chi connectivity index (χ0) is 45.8. The number of thiazole rings is 1. The second-order valence-electron chi connectivity index (χ2n) is 16.4. The summed E-state index contributed by atoms with van der Waals surface area (Å²) in [6.07, 6.45) is 5.27. The number of hydrogen-bond donors (Lipinski definition) is 2. The summed E-state index contributed by atoms with van der Waals surface area (Å²) in [6.45, 7) is 9.81. The highest BCUT2D eigenvalue weighted by molar-refractivity contribution is 7.81. The first-order chi connectivity index (χ1) is 30.8. The van der Waals surface area contributed by atoms with Gasteiger partial charge in [-0.1, -0.05) is 49.7 Å². The number of nitrogens with zero attached hydrogens (tertiary/aromatic N) is 5. The third-order valence-corrected chi connectivity index (χ3v) is 12.6. The Morgan fingerprint density at radius 2 is 1.69 bits per heavy atom. The molecule has 1 aromatic heterocycles. The van der Waals surface area contributed by atoms with E-state index in [-0.39, 0.29) is 41.2 Å². The molecule has 17 heteroatoms. The highest BCUT2D eigenvalue weighted by atomic mass is 35.5. The summed E-state index contributed by atoms with van der Waals surface area (Å²) in [4.78, 5) is 63.3. The molecule has 2 aliphatic rings. The summed E-state index contributed by atoms with van der Waals surface area (Å²) < 4.78 is 17.3. The summed E-state index contributed by atoms with van der Waals surface area (Å²) in [5.74, 6) is -0.570. The fourth-order valence-electron chi connectivity index (χ4n) is 7.57. The number of likely N-dealkylation sites (tertiary alicyclic amines) is 1. The molecule has 2 aliphatic heterocycles. The summed E-state index contributed by atoms with van der Waals surface area (Å²) in [7, 11) is 0. The lowest BCUT2D eigenvalue weighted by Gasteiger charge is -2.30. The number of anilines is 2. The van der Waals surface area contributed by atoms with Gasteiger partial charge in [-0.25, -0.2) is 0 Å². The molecule has 2 atom stereocenters. The number of amides is 4. The van der Waals surface area contributed by atoms with Gasteiger partial charge in [0, 0.05) is 44.8 Å². The number of unbranched alkanes of at least 4 members (excludes halogenated alkanes) is 1. The van der Waals surface area contributed by atoms with Crippen LogP contribution in [0.4, 0.5) is 11.4 Å². The van der Waals surface area contributed by atoms with Gasteiger partial charge in [-0.05, 0) is 118 Å². The Hall–Kier alpha value is -5.44. The Labute approximate surface area is 388 Å². The molecule has 64 heavy (non-hydrogen) atoms. The predicted molar refractivity (Wildman–Crippen MR) is 251 cm³/mol. The van der Waals surface area contributed by atoms with E-state index in [2.05, 4.69) is 15.6 Å². The van der Waals surface area contributed by atoms with Crippen LogP contribution in [0.3, 0.4) is 0 Å². The van der Waals surface area contributed by atoms with Gasteiger partial charge < -0.3 is 34.6 Å². The maximum atomic E-state index is 13.7. The van der Waals surface area contributed by atoms with Crippen molar-refractivity contribution in [1.29, 1.82) is 5.26 Å². The van der Waals surface area contributed by atoms with Gasteiger partial charge in [0.15, 0.2) is 5.11 Å². The number of rotatable bonds is 21. The molecule has 3 aromatic carbocycles. The number of aromatic nitrogens is 1. The van der Waals surface area contributed by atoms with E-state index in [0.29, 0.717) is 80.9 Å². The third-order valence-electron chi connectivity index (χ3n) is 11.1. The Kier molecular flexibility index (Phi) is 16.8. The van der Waals surface area contributed by atoms with Crippen LogP contribution in [-0.4, -0.2) is 95.8 Å². The van der Waals surface area contributed by atoms with Gasteiger partial charge in [-0.3, -0.25) is 29.1 Å². The van der Waals surface area contributed by atoms with Crippen molar-refractivity contribution in [3.05, 3.63) is 94.6 Å². The third kappa shape index (κ3) is 11.8. The molecule has 0 aliphatic carbocycles. The number of nitriles is 1. The number of thiocarbonyl (C=S) groups is 1. The molecule has 2 saturated heterocycles. The quantitative estimate of drug-likeness (QED) is 0.0637. The van der Waals surface area contributed by atoms with Crippen molar-refractivity contribution >= 4 is 75.3 Å². The largest absolute Gasteiger partial charge is 0.494 e. The fourth-order valence-corrected chi connectivity index (χ4v) is 8.94. The van der Waals surface area contributed by atoms with Gasteiger partial charge in [0.2, 0.25) is 17.7 Å². The van der Waals surface area contributed by atoms with E-state index < -0.39 is 17.6 Å². The molecule has 338 valence electrons. The number of carbonyl (C=O) groups excluding carboxylic acids is 4. The van der Waals surface area contributed by atoms with Crippen molar-refractivity contribution in [2.24, 2.45) is 5.92 Å². The Morgan fingerprint density at radius 1 is 0.984 bits per heavy atom. The molecule has 0 radical (unpaired) electrons. The highest BCUT2D eigenvalue weighted by Crippen LogP contribution is 2.38. The van der Waals surface area contributed by atoms with E-state index in [1.807, 2.05) is 88.5 Å². The average molecular weight is 929 g/mol. The predicted octanol–water partition coefficient (Wildman–Crippen LogP) is 7.28. The van der Waals surface area contributed by atoms with Gasteiger partial charge in [-0.15, -0.1) is 11.3 Å².